The Morgan fingerprint density at radius 3 is 2.55 bits per heavy atom. The molecule has 154 valence electrons. The number of hydrogen-bond donors (Lipinski definition) is 2. The summed E-state index contributed by atoms with van der Waals surface area (Å²) in [5, 5.41) is 6.47. The average Bonchev–Trinajstić information content (AvgIpc) is 2.66. The van der Waals surface area contributed by atoms with Gasteiger partial charge < -0.3 is 15.5 Å². The van der Waals surface area contributed by atoms with Crippen LogP contribution in [0.25, 0.3) is 4.85 Å². The van der Waals surface area contributed by atoms with E-state index in [0.717, 1.165) is 17.8 Å². The van der Waals surface area contributed by atoms with Gasteiger partial charge in [-0.2, -0.15) is 0 Å². The summed E-state index contributed by atoms with van der Waals surface area (Å²) < 4.78 is 0. The molecule has 0 fully saturated rings. The molecule has 0 saturated carbocycles. The van der Waals surface area contributed by atoms with Gasteiger partial charge in [-0.15, -0.1) is 0 Å². The molecular formula is C21H28N6OS. The lowest BCUT2D eigenvalue weighted by molar-refractivity contribution is 0.0963. The highest BCUT2D eigenvalue weighted by atomic mass is 32.2. The van der Waals surface area contributed by atoms with E-state index in [0.29, 0.717) is 28.0 Å². The number of thioether (sulfide) groups is 1. The molecule has 0 aliphatic rings. The molecule has 0 spiro atoms. The van der Waals surface area contributed by atoms with Crippen molar-refractivity contribution in [2.24, 2.45) is 5.41 Å². The topological polar surface area (TPSA) is 74.5 Å². The molecule has 2 aromatic rings. The fourth-order valence-corrected chi connectivity index (χ4v) is 3.29. The normalized spacial score (nSPS) is 11.0. The van der Waals surface area contributed by atoms with Crippen molar-refractivity contribution in [3.05, 3.63) is 40.7 Å². The third kappa shape index (κ3) is 5.61. The van der Waals surface area contributed by atoms with Gasteiger partial charge in [-0.1, -0.05) is 38.6 Å². The minimum atomic E-state index is -0.170. The van der Waals surface area contributed by atoms with E-state index in [4.69, 9.17) is 6.57 Å². The van der Waals surface area contributed by atoms with Crippen molar-refractivity contribution in [1.82, 2.24) is 15.3 Å². The van der Waals surface area contributed by atoms with E-state index in [1.54, 1.807) is 19.2 Å². The van der Waals surface area contributed by atoms with Gasteiger partial charge in [-0.05, 0) is 36.3 Å². The highest BCUT2D eigenvalue weighted by Crippen LogP contribution is 2.37. The first-order chi connectivity index (χ1) is 13.6. The number of carbonyl (C=O) groups is 1. The molecule has 0 unspecified atom stereocenters. The first-order valence-corrected chi connectivity index (χ1v) is 10.5. The average molecular weight is 413 g/mol. The zero-order valence-electron chi connectivity index (χ0n) is 18.0. The second kappa shape index (κ2) is 9.14. The van der Waals surface area contributed by atoms with E-state index in [1.165, 1.54) is 11.8 Å². The number of anilines is 3. The van der Waals surface area contributed by atoms with Crippen LogP contribution >= 0.6 is 11.8 Å². The molecule has 1 amide bonds. The third-order valence-corrected chi connectivity index (χ3v) is 4.74. The summed E-state index contributed by atoms with van der Waals surface area (Å²) in [6, 6.07) is 5.40. The Morgan fingerprint density at radius 2 is 2.00 bits per heavy atom. The van der Waals surface area contributed by atoms with Gasteiger partial charge in [0.15, 0.2) is 5.16 Å². The van der Waals surface area contributed by atoms with Crippen LogP contribution < -0.4 is 15.5 Å². The summed E-state index contributed by atoms with van der Waals surface area (Å²) >= 11 is 1.42. The zero-order valence-corrected chi connectivity index (χ0v) is 18.9. The number of aryl methyl sites for hydroxylation is 1. The summed E-state index contributed by atoms with van der Waals surface area (Å²) in [5.74, 6) is 0.862. The van der Waals surface area contributed by atoms with Crippen LogP contribution in [0, 0.1) is 18.9 Å². The summed E-state index contributed by atoms with van der Waals surface area (Å²) in [7, 11) is 3.53. The van der Waals surface area contributed by atoms with Crippen molar-refractivity contribution < 1.29 is 4.79 Å². The van der Waals surface area contributed by atoms with Crippen LogP contribution in [0.1, 0.15) is 36.7 Å². The van der Waals surface area contributed by atoms with Crippen LogP contribution in [0.4, 0.5) is 23.0 Å². The second-order valence-corrected chi connectivity index (χ2v) is 8.77. The molecule has 1 heterocycles. The van der Waals surface area contributed by atoms with Crippen LogP contribution in [0.15, 0.2) is 23.4 Å². The van der Waals surface area contributed by atoms with Gasteiger partial charge in [-0.25, -0.2) is 14.8 Å². The Balaban J connectivity index is 2.55. The minimum absolute atomic E-state index is 0.0462. The highest BCUT2D eigenvalue weighted by Gasteiger charge is 2.22. The standard InChI is InChI=1S/C21H28N6OS/c1-13-9-10-14(19(28)23-6)11-15(13)24-17-16(22-5)18(26-20(25-17)29-8)27(7)12-21(2,3)4/h9-11H,12H2,1-4,6-8H3,(H,23,28)(H,24,25,26). The maximum Gasteiger partial charge on any atom is 0.269 e. The SMILES string of the molecule is [C-]#[N+]c1c(Nc2cc(C(=O)NC)ccc2C)nc(SC)nc1N(C)CC(C)(C)C. The van der Waals surface area contributed by atoms with Crippen molar-refractivity contribution in [2.45, 2.75) is 32.9 Å². The van der Waals surface area contributed by atoms with Gasteiger partial charge in [0.2, 0.25) is 0 Å². The highest BCUT2D eigenvalue weighted by molar-refractivity contribution is 7.98. The van der Waals surface area contributed by atoms with Crippen molar-refractivity contribution in [2.75, 3.05) is 37.1 Å². The van der Waals surface area contributed by atoms with E-state index < -0.39 is 0 Å². The van der Waals surface area contributed by atoms with Crippen molar-refractivity contribution in [3.63, 3.8) is 0 Å². The summed E-state index contributed by atoms with van der Waals surface area (Å²) in [4.78, 5) is 26.9. The molecule has 0 radical (unpaired) electrons. The molecule has 1 aromatic heterocycles. The van der Waals surface area contributed by atoms with Gasteiger partial charge in [0, 0.05) is 31.9 Å². The molecule has 0 saturated heterocycles. The molecule has 29 heavy (non-hydrogen) atoms. The summed E-state index contributed by atoms with van der Waals surface area (Å²) in [6.07, 6.45) is 1.90. The van der Waals surface area contributed by atoms with Crippen LogP contribution in [0.3, 0.4) is 0 Å². The van der Waals surface area contributed by atoms with E-state index in [9.17, 15) is 4.79 Å². The number of nitrogens with one attached hydrogen (secondary N) is 2. The number of benzene rings is 1. The maximum atomic E-state index is 12.0. The molecule has 1 aromatic carbocycles. The largest absolute Gasteiger partial charge is 0.368 e. The Bertz CT molecular complexity index is 945. The number of rotatable bonds is 6. The molecule has 8 heteroatoms. The summed E-state index contributed by atoms with van der Waals surface area (Å²) in [6.45, 7) is 16.9. The van der Waals surface area contributed by atoms with Crippen LogP contribution in [-0.2, 0) is 0 Å². The lowest BCUT2D eigenvalue weighted by Crippen LogP contribution is -2.30. The molecule has 0 bridgehead atoms. The van der Waals surface area contributed by atoms with Gasteiger partial charge >= 0.3 is 0 Å². The van der Waals surface area contributed by atoms with E-state index >= 15 is 0 Å². The molecule has 0 aliphatic carbocycles. The molecule has 7 nitrogen and oxygen atoms in total. The smallest absolute Gasteiger partial charge is 0.269 e. The molecular weight excluding hydrogens is 384 g/mol. The Hall–Kier alpha value is -2.79. The van der Waals surface area contributed by atoms with Crippen molar-refractivity contribution in [3.8, 4) is 0 Å². The van der Waals surface area contributed by atoms with Crippen molar-refractivity contribution in [1.29, 1.82) is 0 Å². The minimum Gasteiger partial charge on any atom is -0.368 e. The molecule has 2 rings (SSSR count). The quantitative estimate of drug-likeness (QED) is 0.409. The second-order valence-electron chi connectivity index (χ2n) is 7.99. The predicted molar refractivity (Wildman–Crippen MR) is 121 cm³/mol. The fraction of sp³-hybridized carbons (Fsp3) is 0.429. The van der Waals surface area contributed by atoms with Crippen LogP contribution in [-0.4, -0.2) is 42.8 Å². The lowest BCUT2D eigenvalue weighted by Gasteiger charge is -2.28. The van der Waals surface area contributed by atoms with Crippen molar-refractivity contribution >= 4 is 40.7 Å². The van der Waals surface area contributed by atoms with Gasteiger partial charge in [-0.3, -0.25) is 4.79 Å². The van der Waals surface area contributed by atoms with E-state index in [2.05, 4.69) is 46.2 Å². The maximum absolute atomic E-state index is 12.0. The van der Waals surface area contributed by atoms with Gasteiger partial charge in [0.25, 0.3) is 11.6 Å². The molecule has 0 aliphatic heterocycles. The number of nitrogens with zero attached hydrogens (tertiary/aromatic N) is 4. The van der Waals surface area contributed by atoms with Crippen LogP contribution in [0.2, 0.25) is 0 Å². The van der Waals surface area contributed by atoms with Crippen LogP contribution in [0.5, 0.6) is 0 Å². The Labute approximate surface area is 177 Å². The first kappa shape index (κ1) is 22.5. The Kier molecular flexibility index (Phi) is 7.09. The summed E-state index contributed by atoms with van der Waals surface area (Å²) in [5.41, 5.74) is 2.62. The predicted octanol–water partition coefficient (Wildman–Crippen LogP) is 4.64. The number of aromatic nitrogens is 2. The first-order valence-electron chi connectivity index (χ1n) is 9.24. The fourth-order valence-electron chi connectivity index (χ4n) is 2.93. The number of amides is 1. The third-order valence-electron chi connectivity index (χ3n) is 4.19. The lowest BCUT2D eigenvalue weighted by atomic mass is 9.96. The number of hydrogen-bond acceptors (Lipinski definition) is 6. The Morgan fingerprint density at radius 1 is 1.31 bits per heavy atom. The van der Waals surface area contributed by atoms with E-state index in [1.807, 2.05) is 31.2 Å². The van der Waals surface area contributed by atoms with Gasteiger partial charge in [0.05, 0.1) is 6.57 Å². The number of carbonyl (C=O) groups excluding carboxylic acids is 1. The monoisotopic (exact) mass is 412 g/mol. The molecule has 0 atom stereocenters. The van der Waals surface area contributed by atoms with E-state index in [-0.39, 0.29) is 11.3 Å². The molecule has 2 N–H and O–H groups in total. The van der Waals surface area contributed by atoms with Gasteiger partial charge in [0.1, 0.15) is 11.6 Å². The zero-order chi connectivity index (χ0) is 21.8.